The summed E-state index contributed by atoms with van der Waals surface area (Å²) in [5.41, 5.74) is 0. The Morgan fingerprint density at radius 2 is 2.00 bits per heavy atom. The van der Waals surface area contributed by atoms with E-state index in [1.54, 1.807) is 6.92 Å². The van der Waals surface area contributed by atoms with E-state index >= 15 is 0 Å². The van der Waals surface area contributed by atoms with Crippen LogP contribution in [0, 0.1) is 5.82 Å². The average Bonchev–Trinajstić information content (AvgIpc) is 2.92. The molecule has 120 valence electrons. The molecule has 1 aromatic heterocycles. The molecule has 0 aliphatic carbocycles. The number of benzene rings is 1. The number of hydrogen-bond acceptors (Lipinski definition) is 5. The molecule has 0 atom stereocenters. The molecule has 0 aliphatic rings. The number of aromatic nitrogens is 2. The predicted molar refractivity (Wildman–Crippen MR) is 78.0 cm³/mol. The Balaban J connectivity index is 2.25. The first-order chi connectivity index (χ1) is 10.5. The average molecular weight is 327 g/mol. The monoisotopic (exact) mass is 327 g/mol. The van der Waals surface area contributed by atoms with Crippen LogP contribution >= 0.6 is 0 Å². The molecule has 0 spiro atoms. The molecule has 1 heterocycles. The minimum atomic E-state index is -3.95. The standard InChI is InChI=1S/C14H18FN3O3S/c1-3-7-14-16-13(17-21-14)10-18(4-2)22(19,20)12-9-6-5-8-11(12)15/h5-6,8-9H,3-4,7,10H2,1-2H3. The quantitative estimate of drug-likeness (QED) is 0.780. The van der Waals surface area contributed by atoms with Crippen molar-refractivity contribution in [2.75, 3.05) is 6.54 Å². The van der Waals surface area contributed by atoms with E-state index in [1.807, 2.05) is 6.92 Å². The van der Waals surface area contributed by atoms with E-state index in [-0.39, 0.29) is 23.8 Å². The zero-order chi connectivity index (χ0) is 16.2. The van der Waals surface area contributed by atoms with Crippen molar-refractivity contribution in [3.05, 3.63) is 41.8 Å². The van der Waals surface area contributed by atoms with E-state index in [0.717, 1.165) is 16.8 Å². The van der Waals surface area contributed by atoms with Crippen LogP contribution in [0.4, 0.5) is 4.39 Å². The van der Waals surface area contributed by atoms with Gasteiger partial charge in [-0.25, -0.2) is 12.8 Å². The third-order valence-corrected chi connectivity index (χ3v) is 5.05. The van der Waals surface area contributed by atoms with E-state index in [1.165, 1.54) is 18.2 Å². The van der Waals surface area contributed by atoms with Crippen LogP contribution in [0.5, 0.6) is 0 Å². The largest absolute Gasteiger partial charge is 0.339 e. The number of sulfonamides is 1. The SMILES string of the molecule is CCCc1nc(CN(CC)S(=O)(=O)c2ccccc2F)no1. The molecule has 0 fully saturated rings. The molecule has 2 rings (SSSR count). The molecule has 0 N–H and O–H groups in total. The molecule has 0 saturated carbocycles. The molecule has 0 radical (unpaired) electrons. The maximum Gasteiger partial charge on any atom is 0.246 e. The van der Waals surface area contributed by atoms with Crippen LogP contribution in [0.25, 0.3) is 0 Å². The molecule has 0 bridgehead atoms. The highest BCUT2D eigenvalue weighted by Crippen LogP contribution is 2.20. The number of aryl methyl sites for hydroxylation is 1. The summed E-state index contributed by atoms with van der Waals surface area (Å²) in [5, 5.41) is 3.77. The Morgan fingerprint density at radius 1 is 1.27 bits per heavy atom. The molecular weight excluding hydrogens is 309 g/mol. The minimum Gasteiger partial charge on any atom is -0.339 e. The first-order valence-electron chi connectivity index (χ1n) is 7.05. The second-order valence-corrected chi connectivity index (χ2v) is 6.62. The first kappa shape index (κ1) is 16.6. The van der Waals surface area contributed by atoms with Gasteiger partial charge in [-0.2, -0.15) is 9.29 Å². The van der Waals surface area contributed by atoms with Gasteiger partial charge in [0.05, 0.1) is 6.54 Å². The van der Waals surface area contributed by atoms with E-state index in [9.17, 15) is 12.8 Å². The third kappa shape index (κ3) is 3.50. The third-order valence-electron chi connectivity index (χ3n) is 3.10. The normalized spacial score (nSPS) is 12.0. The van der Waals surface area contributed by atoms with Crippen LogP contribution in [-0.4, -0.2) is 29.4 Å². The number of rotatable bonds is 7. The van der Waals surface area contributed by atoms with Gasteiger partial charge < -0.3 is 4.52 Å². The van der Waals surface area contributed by atoms with Crippen LogP contribution in [0.1, 0.15) is 32.0 Å². The van der Waals surface area contributed by atoms with Gasteiger partial charge in [-0.15, -0.1) is 0 Å². The van der Waals surface area contributed by atoms with Crippen LogP contribution in [0.3, 0.4) is 0 Å². The summed E-state index contributed by atoms with van der Waals surface area (Å²) in [5.74, 6) is -0.0391. The minimum absolute atomic E-state index is 0.0552. The van der Waals surface area contributed by atoms with Crippen molar-refractivity contribution in [1.29, 1.82) is 0 Å². The van der Waals surface area contributed by atoms with E-state index in [0.29, 0.717) is 12.3 Å². The number of hydrogen-bond donors (Lipinski definition) is 0. The second kappa shape index (κ2) is 6.97. The lowest BCUT2D eigenvalue weighted by molar-refractivity contribution is 0.358. The first-order valence-corrected chi connectivity index (χ1v) is 8.49. The number of halogens is 1. The van der Waals surface area contributed by atoms with Crippen molar-refractivity contribution >= 4 is 10.0 Å². The van der Waals surface area contributed by atoms with Crippen molar-refractivity contribution in [3.8, 4) is 0 Å². The molecule has 1 aromatic carbocycles. The lowest BCUT2D eigenvalue weighted by atomic mass is 10.3. The van der Waals surface area contributed by atoms with Gasteiger partial charge in [0.15, 0.2) is 5.82 Å². The summed E-state index contributed by atoms with van der Waals surface area (Å²) in [6.45, 7) is 3.77. The van der Waals surface area contributed by atoms with E-state index < -0.39 is 15.8 Å². The van der Waals surface area contributed by atoms with Crippen LogP contribution in [-0.2, 0) is 23.0 Å². The van der Waals surface area contributed by atoms with Gasteiger partial charge in [0.25, 0.3) is 0 Å². The molecule has 0 saturated heterocycles. The Kier molecular flexibility index (Phi) is 5.25. The molecule has 6 nitrogen and oxygen atoms in total. The molecule has 0 aliphatic heterocycles. The summed E-state index contributed by atoms with van der Waals surface area (Å²) < 4.78 is 45.0. The summed E-state index contributed by atoms with van der Waals surface area (Å²) in [6.07, 6.45) is 1.49. The molecule has 2 aromatic rings. The zero-order valence-corrected chi connectivity index (χ0v) is 13.3. The fraction of sp³-hybridized carbons (Fsp3) is 0.429. The molecule has 0 unspecified atom stereocenters. The smallest absolute Gasteiger partial charge is 0.246 e. The second-order valence-electron chi connectivity index (χ2n) is 4.72. The highest BCUT2D eigenvalue weighted by atomic mass is 32.2. The van der Waals surface area contributed by atoms with Crippen molar-refractivity contribution in [2.45, 2.75) is 38.1 Å². The van der Waals surface area contributed by atoms with Crippen molar-refractivity contribution in [2.24, 2.45) is 0 Å². The maximum atomic E-state index is 13.8. The van der Waals surface area contributed by atoms with Crippen LogP contribution in [0.2, 0.25) is 0 Å². The molecule has 22 heavy (non-hydrogen) atoms. The lowest BCUT2D eigenvalue weighted by Crippen LogP contribution is -2.31. The lowest BCUT2D eigenvalue weighted by Gasteiger charge is -2.19. The predicted octanol–water partition coefficient (Wildman–Crippen LogP) is 2.37. The van der Waals surface area contributed by atoms with Gasteiger partial charge in [0.2, 0.25) is 15.9 Å². The fourth-order valence-corrected chi connectivity index (χ4v) is 3.46. The van der Waals surface area contributed by atoms with Crippen molar-refractivity contribution in [3.63, 3.8) is 0 Å². The summed E-state index contributed by atoms with van der Waals surface area (Å²) in [6, 6.07) is 5.29. The molecule has 0 amide bonds. The summed E-state index contributed by atoms with van der Waals surface area (Å²) in [7, 11) is -3.95. The van der Waals surface area contributed by atoms with Crippen molar-refractivity contribution in [1.82, 2.24) is 14.4 Å². The zero-order valence-electron chi connectivity index (χ0n) is 12.5. The van der Waals surface area contributed by atoms with Crippen LogP contribution in [0.15, 0.2) is 33.7 Å². The molecular formula is C14H18FN3O3S. The van der Waals surface area contributed by atoms with Gasteiger partial charge in [0.1, 0.15) is 10.7 Å². The van der Waals surface area contributed by atoms with Gasteiger partial charge >= 0.3 is 0 Å². The Labute approximate surface area is 129 Å². The van der Waals surface area contributed by atoms with Gasteiger partial charge in [-0.05, 0) is 18.6 Å². The highest BCUT2D eigenvalue weighted by molar-refractivity contribution is 7.89. The van der Waals surface area contributed by atoms with Crippen molar-refractivity contribution < 1.29 is 17.3 Å². The fourth-order valence-electron chi connectivity index (χ4n) is 1.99. The Hall–Kier alpha value is -1.80. The Bertz CT molecular complexity index is 730. The highest BCUT2D eigenvalue weighted by Gasteiger charge is 2.27. The topological polar surface area (TPSA) is 76.3 Å². The number of nitrogens with zero attached hydrogens (tertiary/aromatic N) is 3. The van der Waals surface area contributed by atoms with Gasteiger partial charge in [-0.3, -0.25) is 0 Å². The Morgan fingerprint density at radius 3 is 2.64 bits per heavy atom. The summed E-state index contributed by atoms with van der Waals surface area (Å²) in [4.78, 5) is 3.79. The van der Waals surface area contributed by atoms with E-state index in [4.69, 9.17) is 4.52 Å². The van der Waals surface area contributed by atoms with E-state index in [2.05, 4.69) is 10.1 Å². The van der Waals surface area contributed by atoms with Crippen LogP contribution < -0.4 is 0 Å². The van der Waals surface area contributed by atoms with Gasteiger partial charge in [0, 0.05) is 13.0 Å². The molecule has 8 heteroatoms. The van der Waals surface area contributed by atoms with Gasteiger partial charge in [-0.1, -0.05) is 31.1 Å². The summed E-state index contributed by atoms with van der Waals surface area (Å²) >= 11 is 0. The maximum absolute atomic E-state index is 13.8.